The predicted octanol–water partition coefficient (Wildman–Crippen LogP) is 3.44. The Morgan fingerprint density at radius 1 is 1.29 bits per heavy atom. The summed E-state index contributed by atoms with van der Waals surface area (Å²) in [6.45, 7) is 2.86. The molecular weight excluding hydrogens is 400 g/mol. The van der Waals surface area contributed by atoms with Crippen molar-refractivity contribution in [2.24, 2.45) is 0 Å². The summed E-state index contributed by atoms with van der Waals surface area (Å²) in [5.41, 5.74) is 1.89. The largest absolute Gasteiger partial charge is 0.383 e. The normalized spacial score (nSPS) is 16.5. The number of aromatic nitrogens is 3. The van der Waals surface area contributed by atoms with Gasteiger partial charge in [0.15, 0.2) is 0 Å². The Balaban J connectivity index is 1.42. The maximum atomic E-state index is 10.8. The molecule has 0 unspecified atom stereocenters. The lowest BCUT2D eigenvalue weighted by molar-refractivity contribution is -0.384. The molecule has 1 aromatic carbocycles. The van der Waals surface area contributed by atoms with Crippen LogP contribution in [0.4, 0.5) is 11.5 Å². The van der Waals surface area contributed by atoms with Crippen molar-refractivity contribution in [1.82, 2.24) is 20.0 Å². The molecule has 31 heavy (non-hydrogen) atoms. The molecule has 1 saturated heterocycles. The van der Waals surface area contributed by atoms with Gasteiger partial charge < -0.3 is 14.6 Å². The average Bonchev–Trinajstić information content (AvgIpc) is 3.44. The SMILES string of the molecule is COCCNc1ccc(-c2noc([C@@H]3CCCN3Cc3ccc([N+](=O)[O-])cc3)n2)cn1. The van der Waals surface area contributed by atoms with Crippen molar-refractivity contribution in [1.29, 1.82) is 0 Å². The summed E-state index contributed by atoms with van der Waals surface area (Å²) in [7, 11) is 1.66. The fourth-order valence-corrected chi connectivity index (χ4v) is 3.65. The average molecular weight is 424 g/mol. The molecular formula is C21H24N6O4. The van der Waals surface area contributed by atoms with Crippen molar-refractivity contribution in [3.63, 3.8) is 0 Å². The molecule has 2 aromatic heterocycles. The number of nitrogens with one attached hydrogen (secondary N) is 1. The lowest BCUT2D eigenvalue weighted by atomic mass is 10.1. The van der Waals surface area contributed by atoms with E-state index in [0.29, 0.717) is 31.4 Å². The summed E-state index contributed by atoms with van der Waals surface area (Å²) < 4.78 is 10.6. The molecule has 4 rings (SSSR count). The van der Waals surface area contributed by atoms with Gasteiger partial charge in [-0.15, -0.1) is 0 Å². The van der Waals surface area contributed by atoms with Gasteiger partial charge in [-0.2, -0.15) is 4.98 Å². The van der Waals surface area contributed by atoms with E-state index in [1.165, 1.54) is 12.1 Å². The number of likely N-dealkylation sites (tertiary alicyclic amines) is 1. The summed E-state index contributed by atoms with van der Waals surface area (Å²) in [5.74, 6) is 1.85. The maximum Gasteiger partial charge on any atom is 0.269 e. The molecule has 0 aliphatic carbocycles. The van der Waals surface area contributed by atoms with Crippen molar-refractivity contribution in [3.05, 3.63) is 64.2 Å². The number of nitro groups is 1. The predicted molar refractivity (Wildman–Crippen MR) is 113 cm³/mol. The summed E-state index contributed by atoms with van der Waals surface area (Å²) in [6, 6.07) is 10.5. The molecule has 1 N–H and O–H groups in total. The van der Waals surface area contributed by atoms with Crippen molar-refractivity contribution >= 4 is 11.5 Å². The van der Waals surface area contributed by atoms with Crippen LogP contribution in [0.25, 0.3) is 11.4 Å². The minimum absolute atomic E-state index is 0.0272. The third-order valence-electron chi connectivity index (χ3n) is 5.26. The van der Waals surface area contributed by atoms with Gasteiger partial charge in [0.05, 0.1) is 17.6 Å². The van der Waals surface area contributed by atoms with Gasteiger partial charge in [-0.25, -0.2) is 4.98 Å². The molecule has 3 aromatic rings. The summed E-state index contributed by atoms with van der Waals surface area (Å²) >= 11 is 0. The van der Waals surface area contributed by atoms with Crippen LogP contribution >= 0.6 is 0 Å². The Morgan fingerprint density at radius 2 is 2.13 bits per heavy atom. The molecule has 1 fully saturated rings. The maximum absolute atomic E-state index is 10.8. The topological polar surface area (TPSA) is 119 Å². The molecule has 0 spiro atoms. The molecule has 1 aliphatic heterocycles. The number of pyridine rings is 1. The number of ether oxygens (including phenoxy) is 1. The highest BCUT2D eigenvalue weighted by Crippen LogP contribution is 2.33. The van der Waals surface area contributed by atoms with Crippen LogP contribution in [0.1, 0.15) is 30.3 Å². The zero-order chi connectivity index (χ0) is 21.6. The van der Waals surface area contributed by atoms with Crippen LogP contribution in [0.2, 0.25) is 0 Å². The second kappa shape index (κ2) is 9.63. The third-order valence-corrected chi connectivity index (χ3v) is 5.26. The van der Waals surface area contributed by atoms with Crippen LogP contribution in [0, 0.1) is 10.1 Å². The number of hydrogen-bond donors (Lipinski definition) is 1. The second-order valence-corrected chi connectivity index (χ2v) is 7.36. The van der Waals surface area contributed by atoms with Gasteiger partial charge in [-0.05, 0) is 37.1 Å². The lowest BCUT2D eigenvalue weighted by Crippen LogP contribution is -2.23. The molecule has 1 atom stereocenters. The van der Waals surface area contributed by atoms with E-state index in [0.717, 1.165) is 36.3 Å². The number of rotatable bonds is 9. The molecule has 0 radical (unpaired) electrons. The molecule has 1 aliphatic rings. The Hall–Kier alpha value is -3.37. The standard InChI is InChI=1S/C21H24N6O4/c1-30-12-10-22-19-9-6-16(13-23-19)20-24-21(31-25-20)18-3-2-11-26(18)14-15-4-7-17(8-5-15)27(28)29/h4-9,13,18H,2-3,10-12,14H2,1H3,(H,22,23)/t18-/m0/s1. The molecule has 10 heteroatoms. The first-order valence-electron chi connectivity index (χ1n) is 10.1. The first kappa shape index (κ1) is 20.9. The van der Waals surface area contributed by atoms with Crippen molar-refractivity contribution in [3.8, 4) is 11.4 Å². The second-order valence-electron chi connectivity index (χ2n) is 7.36. The van der Waals surface area contributed by atoms with E-state index in [9.17, 15) is 10.1 Å². The minimum Gasteiger partial charge on any atom is -0.383 e. The van der Waals surface area contributed by atoms with E-state index in [4.69, 9.17) is 9.26 Å². The smallest absolute Gasteiger partial charge is 0.269 e. The summed E-state index contributed by atoms with van der Waals surface area (Å²) in [4.78, 5) is 21.7. The van der Waals surface area contributed by atoms with Crippen LogP contribution in [0.15, 0.2) is 47.1 Å². The zero-order valence-electron chi connectivity index (χ0n) is 17.2. The van der Waals surface area contributed by atoms with Gasteiger partial charge in [-0.3, -0.25) is 15.0 Å². The Labute approximate surface area is 179 Å². The molecule has 3 heterocycles. The van der Waals surface area contributed by atoms with Crippen molar-refractivity contribution < 1.29 is 14.2 Å². The number of anilines is 1. The number of non-ortho nitro benzene ring substituents is 1. The number of hydrogen-bond acceptors (Lipinski definition) is 9. The Kier molecular flexibility index (Phi) is 6.48. The molecule has 162 valence electrons. The number of nitrogens with zero attached hydrogens (tertiary/aromatic N) is 5. The van der Waals surface area contributed by atoms with E-state index in [1.807, 2.05) is 12.1 Å². The number of methoxy groups -OCH3 is 1. The minimum atomic E-state index is -0.389. The quantitative estimate of drug-likeness (QED) is 0.313. The molecule has 10 nitrogen and oxygen atoms in total. The summed E-state index contributed by atoms with van der Waals surface area (Å²) in [6.07, 6.45) is 3.67. The Morgan fingerprint density at radius 3 is 2.84 bits per heavy atom. The number of nitro benzene ring substituents is 1. The highest BCUT2D eigenvalue weighted by molar-refractivity contribution is 5.55. The van der Waals surface area contributed by atoms with Crippen molar-refractivity contribution in [2.75, 3.05) is 32.1 Å². The van der Waals surface area contributed by atoms with Gasteiger partial charge in [-0.1, -0.05) is 17.3 Å². The molecule has 0 amide bonds. The fourth-order valence-electron chi connectivity index (χ4n) is 3.65. The number of benzene rings is 1. The molecule has 0 saturated carbocycles. The van der Waals surface area contributed by atoms with Crippen LogP contribution in [-0.2, 0) is 11.3 Å². The van der Waals surface area contributed by atoms with Crippen LogP contribution < -0.4 is 5.32 Å². The first-order valence-corrected chi connectivity index (χ1v) is 10.1. The van der Waals surface area contributed by atoms with Gasteiger partial charge in [0.1, 0.15) is 5.82 Å². The van der Waals surface area contributed by atoms with Crippen LogP contribution in [-0.4, -0.2) is 51.8 Å². The van der Waals surface area contributed by atoms with Gasteiger partial charge in [0, 0.05) is 44.1 Å². The van der Waals surface area contributed by atoms with E-state index in [-0.39, 0.29) is 16.7 Å². The summed E-state index contributed by atoms with van der Waals surface area (Å²) in [5, 5.41) is 18.2. The van der Waals surface area contributed by atoms with E-state index < -0.39 is 0 Å². The highest BCUT2D eigenvalue weighted by atomic mass is 16.6. The monoisotopic (exact) mass is 424 g/mol. The first-order chi connectivity index (χ1) is 15.1. The van der Waals surface area contributed by atoms with Gasteiger partial charge >= 0.3 is 0 Å². The van der Waals surface area contributed by atoms with Crippen molar-refractivity contribution in [2.45, 2.75) is 25.4 Å². The van der Waals surface area contributed by atoms with Crippen LogP contribution in [0.3, 0.4) is 0 Å². The highest BCUT2D eigenvalue weighted by Gasteiger charge is 2.31. The third kappa shape index (κ3) is 5.04. The van der Waals surface area contributed by atoms with Crippen LogP contribution in [0.5, 0.6) is 0 Å². The van der Waals surface area contributed by atoms with Gasteiger partial charge in [0.25, 0.3) is 5.69 Å². The lowest BCUT2D eigenvalue weighted by Gasteiger charge is -2.21. The Bertz CT molecular complexity index is 1010. The fraction of sp³-hybridized carbons (Fsp3) is 0.381. The van der Waals surface area contributed by atoms with E-state index >= 15 is 0 Å². The molecule has 0 bridgehead atoms. The van der Waals surface area contributed by atoms with Gasteiger partial charge in [0.2, 0.25) is 11.7 Å². The van der Waals surface area contributed by atoms with E-state index in [1.54, 1.807) is 25.4 Å². The van der Waals surface area contributed by atoms with E-state index in [2.05, 4.69) is 25.3 Å². The zero-order valence-corrected chi connectivity index (χ0v) is 17.2.